The number of benzene rings is 6. The fourth-order valence-corrected chi connectivity index (χ4v) is 7.49. The van der Waals surface area contributed by atoms with Crippen LogP contribution in [0, 0.1) is 6.92 Å². The molecule has 0 fully saturated rings. The van der Waals surface area contributed by atoms with Crippen LogP contribution in [0.15, 0.2) is 146 Å². The molecule has 0 aliphatic carbocycles. The molecule has 2 heterocycles. The van der Waals surface area contributed by atoms with Gasteiger partial charge in [0.2, 0.25) is 0 Å². The van der Waals surface area contributed by atoms with Gasteiger partial charge in [0.25, 0.3) is 0 Å². The van der Waals surface area contributed by atoms with Crippen LogP contribution < -0.4 is 0 Å². The summed E-state index contributed by atoms with van der Waals surface area (Å²) in [7, 11) is 0. The largest absolute Gasteiger partial charge is 0.507 e. The van der Waals surface area contributed by atoms with Crippen LogP contribution in [0.4, 0.5) is 0 Å². The lowest BCUT2D eigenvalue weighted by Crippen LogP contribution is -2.13. The van der Waals surface area contributed by atoms with Crippen LogP contribution in [-0.4, -0.2) is 19.6 Å². The number of fused-ring (bicyclic) bond motifs is 1. The highest BCUT2D eigenvalue weighted by molar-refractivity contribution is 5.98. The van der Waals surface area contributed by atoms with Crippen LogP contribution in [0.5, 0.6) is 5.75 Å². The number of phenolic OH excluding ortho intramolecular Hbond substituents is 1. The number of hydrogen-bond donors (Lipinski definition) is 1. The van der Waals surface area contributed by atoms with Crippen molar-refractivity contribution in [3.63, 3.8) is 0 Å². The third kappa shape index (κ3) is 7.72. The van der Waals surface area contributed by atoms with E-state index in [1.54, 1.807) is 0 Å². The zero-order valence-corrected chi connectivity index (χ0v) is 35.5. The third-order valence-electron chi connectivity index (χ3n) is 11.0. The summed E-state index contributed by atoms with van der Waals surface area (Å²) in [5.41, 5.74) is 9.23. The summed E-state index contributed by atoms with van der Waals surface area (Å²) in [6.07, 6.45) is -0.500. The molecule has 8 rings (SSSR count). The highest BCUT2D eigenvalue weighted by atomic mass is 16.3. The summed E-state index contributed by atoms with van der Waals surface area (Å²) >= 11 is 0. The third-order valence-corrected chi connectivity index (χ3v) is 11.0. The van der Waals surface area contributed by atoms with Crippen LogP contribution >= 0.6 is 0 Å². The second-order valence-electron chi connectivity index (χ2n) is 18.5. The van der Waals surface area contributed by atoms with Gasteiger partial charge in [-0.1, -0.05) is 153 Å². The minimum Gasteiger partial charge on any atom is -0.507 e. The van der Waals surface area contributed by atoms with E-state index < -0.39 is 47.8 Å². The van der Waals surface area contributed by atoms with Crippen molar-refractivity contribution in [2.75, 3.05) is 0 Å². The zero-order valence-electron chi connectivity index (χ0n) is 43.5. The van der Waals surface area contributed by atoms with Crippen LogP contribution in [-0.2, 0) is 16.2 Å². The molecule has 4 heteroatoms. The molecular formula is C55H55N3O. The predicted molar refractivity (Wildman–Crippen MR) is 249 cm³/mol. The van der Waals surface area contributed by atoms with Crippen molar-refractivity contribution >= 4 is 11.0 Å². The Morgan fingerprint density at radius 2 is 1.22 bits per heavy atom. The highest BCUT2D eigenvalue weighted by Crippen LogP contribution is 2.44. The maximum atomic E-state index is 12.0. The van der Waals surface area contributed by atoms with Crippen LogP contribution in [0.25, 0.3) is 72.7 Å². The molecule has 8 aromatic rings. The SMILES string of the molecule is [2H]c1nc(-c2cc(-c3cccc4c3nc(-c3cc(C(C)(C)C)cc(C)c3O)n4-c3ccc(C(C)(C)C)cc3-c3ccccc3)cc(C(C)(C)C)c2)c([2H])c(-c2c([2H])c([2H])c([2H])c([2H])c2[2H])c1[2H]. The maximum Gasteiger partial charge on any atom is 0.149 e. The Morgan fingerprint density at radius 1 is 0.559 bits per heavy atom. The van der Waals surface area contributed by atoms with Gasteiger partial charge in [0.05, 0.1) is 38.9 Å². The number of aryl methyl sites for hydroxylation is 1. The van der Waals surface area contributed by atoms with Crippen molar-refractivity contribution < 1.29 is 16.1 Å². The van der Waals surface area contributed by atoms with Crippen molar-refractivity contribution in [1.29, 1.82) is 0 Å². The second-order valence-corrected chi connectivity index (χ2v) is 18.5. The summed E-state index contributed by atoms with van der Waals surface area (Å²) in [6, 6.07) is 28.9. The molecule has 1 N–H and O–H groups in total. The molecule has 0 unspecified atom stereocenters. The highest BCUT2D eigenvalue weighted by Gasteiger charge is 2.27. The number of aromatic hydroxyl groups is 1. The quantitative estimate of drug-likeness (QED) is 0.183. The lowest BCUT2D eigenvalue weighted by atomic mass is 9.83. The van der Waals surface area contributed by atoms with Gasteiger partial charge in [-0.3, -0.25) is 9.55 Å². The number of nitrogens with zero attached hydrogens (tertiary/aromatic N) is 3. The summed E-state index contributed by atoms with van der Waals surface area (Å²) in [5, 5.41) is 12.0. The van der Waals surface area contributed by atoms with Crippen LogP contribution in [0.2, 0.25) is 0 Å². The smallest absolute Gasteiger partial charge is 0.149 e. The summed E-state index contributed by atoms with van der Waals surface area (Å²) < 4.78 is 71.6. The topological polar surface area (TPSA) is 50.9 Å². The number of para-hydroxylation sites is 1. The number of rotatable bonds is 6. The average Bonchev–Trinajstić information content (AvgIpc) is 3.66. The van der Waals surface area contributed by atoms with Gasteiger partial charge in [-0.2, -0.15) is 0 Å². The average molecular weight is 782 g/mol. The molecule has 4 nitrogen and oxygen atoms in total. The van der Waals surface area contributed by atoms with Gasteiger partial charge in [-0.25, -0.2) is 4.98 Å². The molecule has 0 amide bonds. The first-order chi connectivity index (χ1) is 31.3. The molecule has 59 heavy (non-hydrogen) atoms. The fourth-order valence-electron chi connectivity index (χ4n) is 7.49. The molecule has 296 valence electrons. The Hall–Kier alpha value is -6.26. The van der Waals surface area contributed by atoms with E-state index >= 15 is 0 Å². The van der Waals surface area contributed by atoms with E-state index in [9.17, 15) is 6.48 Å². The first-order valence-electron chi connectivity index (χ1n) is 24.1. The number of imidazole rings is 1. The first-order valence-corrected chi connectivity index (χ1v) is 20.1. The molecule has 0 aliphatic heterocycles. The minimum absolute atomic E-state index is 0.0272. The monoisotopic (exact) mass is 781 g/mol. The minimum atomic E-state index is -0.599. The van der Waals surface area contributed by atoms with Crippen molar-refractivity contribution in [2.24, 2.45) is 0 Å². The van der Waals surface area contributed by atoms with Gasteiger partial charge in [0.15, 0.2) is 0 Å². The zero-order chi connectivity index (χ0) is 48.8. The Kier molecular flexibility index (Phi) is 7.74. The second kappa shape index (κ2) is 14.8. The molecule has 0 aliphatic rings. The molecular weight excluding hydrogens is 719 g/mol. The summed E-state index contributed by atoms with van der Waals surface area (Å²) in [4.78, 5) is 9.97. The Balaban J connectivity index is 1.47. The number of phenols is 1. The predicted octanol–water partition coefficient (Wildman–Crippen LogP) is 14.7. The van der Waals surface area contributed by atoms with E-state index in [1.165, 1.54) is 0 Å². The Labute approximate surface area is 361 Å². The van der Waals surface area contributed by atoms with E-state index in [4.69, 9.17) is 14.6 Å². The van der Waals surface area contributed by atoms with E-state index in [1.807, 2.05) is 67.6 Å². The number of aromatic nitrogens is 3. The molecule has 0 spiro atoms. The van der Waals surface area contributed by atoms with Gasteiger partial charge >= 0.3 is 0 Å². The molecule has 0 atom stereocenters. The molecule has 2 aromatic heterocycles. The summed E-state index contributed by atoms with van der Waals surface area (Å²) in [5.74, 6) is 0.675. The van der Waals surface area contributed by atoms with E-state index in [0.29, 0.717) is 22.5 Å². The normalized spacial score (nSPS) is 14.2. The Bertz CT molecular complexity index is 3270. The molecule has 6 aromatic carbocycles. The Morgan fingerprint density at radius 3 is 1.92 bits per heavy atom. The molecule has 0 saturated carbocycles. The van der Waals surface area contributed by atoms with Crippen molar-refractivity contribution in [2.45, 2.75) is 85.5 Å². The van der Waals surface area contributed by atoms with E-state index in [2.05, 4.69) is 108 Å². The van der Waals surface area contributed by atoms with Crippen molar-refractivity contribution in [3.8, 4) is 67.5 Å². The fraction of sp³-hybridized carbons (Fsp3) is 0.236. The standard InChI is InChI=1S/C55H55N3O/c1-35-28-42(54(5,6)7)34-46(51(35)59)52-57-50-44(22-17-23-49(50)58(52)48-25-24-41(53(2,3)4)33-45(48)37-20-15-12-16-21-37)39-29-40(31-43(30-39)55(8,9)10)47-32-38(26-27-56-47)36-18-13-11-14-19-36/h11-34,59H,1-10H3/i11D,13D,14D,18D,19D,26D,27D,32D. The van der Waals surface area contributed by atoms with Gasteiger partial charge in [0, 0.05) is 22.9 Å². The lowest BCUT2D eigenvalue weighted by molar-refractivity contribution is 0.471. The van der Waals surface area contributed by atoms with Crippen molar-refractivity contribution in [3.05, 3.63) is 168 Å². The summed E-state index contributed by atoms with van der Waals surface area (Å²) in [6.45, 7) is 21.1. The van der Waals surface area contributed by atoms with Gasteiger partial charge in [-0.15, -0.1) is 0 Å². The lowest BCUT2D eigenvalue weighted by Gasteiger charge is -2.24. The van der Waals surface area contributed by atoms with Gasteiger partial charge in [-0.05, 0) is 116 Å². The molecule has 0 saturated heterocycles. The molecule has 0 radical (unpaired) electrons. The van der Waals surface area contributed by atoms with Gasteiger partial charge < -0.3 is 5.11 Å². The van der Waals surface area contributed by atoms with Gasteiger partial charge in [0.1, 0.15) is 11.6 Å². The number of hydrogen-bond acceptors (Lipinski definition) is 3. The van der Waals surface area contributed by atoms with Crippen molar-refractivity contribution in [1.82, 2.24) is 14.5 Å². The van der Waals surface area contributed by atoms with Crippen LogP contribution in [0.1, 0.15) is 95.5 Å². The van der Waals surface area contributed by atoms with E-state index in [0.717, 1.165) is 55.7 Å². The maximum absolute atomic E-state index is 12.0. The first kappa shape index (κ1) is 30.8. The number of pyridine rings is 1. The van der Waals surface area contributed by atoms with Crippen LogP contribution in [0.3, 0.4) is 0 Å². The van der Waals surface area contributed by atoms with E-state index in [-0.39, 0.29) is 39.4 Å². The molecule has 0 bridgehead atoms.